The summed E-state index contributed by atoms with van der Waals surface area (Å²) in [5.41, 5.74) is -0.201. The lowest BCUT2D eigenvalue weighted by molar-refractivity contribution is -0.141. The van der Waals surface area contributed by atoms with Crippen LogP contribution < -0.4 is 0 Å². The first-order chi connectivity index (χ1) is 6.04. The van der Waals surface area contributed by atoms with Crippen molar-refractivity contribution in [2.24, 2.45) is 0 Å². The molecule has 0 heterocycles. The number of allylic oxidation sites excluding steroid dienone is 1. The Bertz CT molecular complexity index is 267. The lowest BCUT2D eigenvalue weighted by Gasteiger charge is -2.02. The Hall–Kier alpha value is -1.23. The molecule has 0 aliphatic heterocycles. The summed E-state index contributed by atoms with van der Waals surface area (Å²) in [5, 5.41) is 10.1. The quantitative estimate of drug-likeness (QED) is 0.318. The van der Waals surface area contributed by atoms with Crippen LogP contribution in [0, 0.1) is 0 Å². The van der Waals surface area contributed by atoms with E-state index in [0.29, 0.717) is 0 Å². The third-order valence-corrected chi connectivity index (χ3v) is 1.46. The lowest BCUT2D eigenvalue weighted by atomic mass is 10.2. The highest BCUT2D eigenvalue weighted by Gasteiger charge is 2.16. The van der Waals surface area contributed by atoms with Crippen LogP contribution in [0.4, 0.5) is 0 Å². The highest BCUT2D eigenvalue weighted by molar-refractivity contribution is 7.79. The van der Waals surface area contributed by atoms with Crippen molar-refractivity contribution in [1.29, 1.82) is 0 Å². The normalized spacial score (nSPS) is 11.5. The molecule has 0 aliphatic carbocycles. The molecule has 0 rings (SSSR count). The molecule has 0 aromatic carbocycles. The van der Waals surface area contributed by atoms with Crippen LogP contribution in [0.15, 0.2) is 11.3 Å². The molecule has 0 aromatic heterocycles. The summed E-state index contributed by atoms with van der Waals surface area (Å²) in [6, 6.07) is 0. The smallest absolute Gasteiger partial charge is 0.374 e. The summed E-state index contributed by atoms with van der Waals surface area (Å²) in [5.74, 6) is -2.14. The topological polar surface area (TPSA) is 63.6 Å². The fourth-order valence-corrected chi connectivity index (χ4v) is 0.893. The van der Waals surface area contributed by atoms with Gasteiger partial charge in [-0.1, -0.05) is 12.2 Å². The highest BCUT2D eigenvalue weighted by atomic mass is 32.1. The van der Waals surface area contributed by atoms with E-state index in [2.05, 4.69) is 17.0 Å². The predicted octanol–water partition coefficient (Wildman–Crippen LogP) is 0.950. The van der Waals surface area contributed by atoms with E-state index < -0.39 is 17.5 Å². The predicted molar refractivity (Wildman–Crippen MR) is 50.6 cm³/mol. The third kappa shape index (κ3) is 3.33. The van der Waals surface area contributed by atoms with Crippen molar-refractivity contribution >= 4 is 29.3 Å². The molecule has 4 nitrogen and oxygen atoms in total. The van der Waals surface area contributed by atoms with Crippen LogP contribution in [-0.4, -0.2) is 28.8 Å². The van der Waals surface area contributed by atoms with Crippen LogP contribution in [0.5, 0.6) is 0 Å². The van der Waals surface area contributed by atoms with Crippen molar-refractivity contribution in [2.45, 2.75) is 13.8 Å². The summed E-state index contributed by atoms with van der Waals surface area (Å²) in [6.07, 6.45) is 0. The maximum absolute atomic E-state index is 10.9. The van der Waals surface area contributed by atoms with Gasteiger partial charge < -0.3 is 9.84 Å². The van der Waals surface area contributed by atoms with E-state index in [0.717, 1.165) is 5.37 Å². The first-order valence-corrected chi connectivity index (χ1v) is 4.08. The van der Waals surface area contributed by atoms with Gasteiger partial charge in [0.25, 0.3) is 0 Å². The number of hydrogen-bond acceptors (Lipinski definition) is 5. The molecule has 0 unspecified atom stereocenters. The van der Waals surface area contributed by atoms with Crippen molar-refractivity contribution in [3.63, 3.8) is 0 Å². The summed E-state index contributed by atoms with van der Waals surface area (Å²) in [7, 11) is 0. The van der Waals surface area contributed by atoms with Gasteiger partial charge in [-0.25, -0.2) is 4.79 Å². The molecule has 72 valence electrons. The number of ether oxygens (including phenoxy) is 1. The number of Topliss-reactive ketones (excluding diaryl/α,β-unsaturated/α-hetero) is 1. The van der Waals surface area contributed by atoms with Crippen molar-refractivity contribution in [3.05, 3.63) is 11.3 Å². The lowest BCUT2D eigenvalue weighted by Crippen LogP contribution is -2.13. The second-order valence-electron chi connectivity index (χ2n) is 2.16. The van der Waals surface area contributed by atoms with Crippen LogP contribution in [0.3, 0.4) is 0 Å². The average Bonchev–Trinajstić information content (AvgIpc) is 2.05. The van der Waals surface area contributed by atoms with Gasteiger partial charge in [0.15, 0.2) is 5.78 Å². The first-order valence-electron chi connectivity index (χ1n) is 3.61. The summed E-state index contributed by atoms with van der Waals surface area (Å²) >= 11 is 4.46. The van der Waals surface area contributed by atoms with E-state index in [4.69, 9.17) is 5.11 Å². The molecule has 0 atom stereocenters. The van der Waals surface area contributed by atoms with Gasteiger partial charge in [0.1, 0.15) is 0 Å². The highest BCUT2D eigenvalue weighted by Crippen LogP contribution is 2.03. The van der Waals surface area contributed by atoms with Crippen LogP contribution in [0.25, 0.3) is 0 Å². The van der Waals surface area contributed by atoms with E-state index in [1.807, 2.05) is 0 Å². The van der Waals surface area contributed by atoms with Gasteiger partial charge in [-0.2, -0.15) is 0 Å². The zero-order valence-corrected chi connectivity index (χ0v) is 8.18. The van der Waals surface area contributed by atoms with Gasteiger partial charge in [0, 0.05) is 5.37 Å². The van der Waals surface area contributed by atoms with Gasteiger partial charge in [-0.15, -0.1) is 0 Å². The second kappa shape index (κ2) is 5.42. The molecule has 0 saturated carbocycles. The molecule has 0 bridgehead atoms. The molecule has 13 heavy (non-hydrogen) atoms. The number of aliphatic hydroxyl groups is 1. The van der Waals surface area contributed by atoms with Crippen molar-refractivity contribution in [3.8, 4) is 0 Å². The average molecular weight is 202 g/mol. The number of hydrogen-bond donors (Lipinski definition) is 1. The minimum Gasteiger partial charge on any atom is -0.501 e. The van der Waals surface area contributed by atoms with Crippen molar-refractivity contribution < 1.29 is 19.4 Å². The molecule has 5 heteroatoms. The zero-order valence-electron chi connectivity index (χ0n) is 7.36. The molecule has 0 spiro atoms. The van der Waals surface area contributed by atoms with Crippen LogP contribution in [0.1, 0.15) is 13.8 Å². The van der Waals surface area contributed by atoms with Crippen LogP contribution in [0.2, 0.25) is 0 Å². The molecule has 0 saturated heterocycles. The molecule has 0 aromatic rings. The second-order valence-corrected chi connectivity index (χ2v) is 2.39. The molecule has 0 fully saturated rings. The fourth-order valence-electron chi connectivity index (χ4n) is 0.615. The minimum atomic E-state index is -0.936. The number of carbonyl (C=O) groups excluding carboxylic acids is 2. The Kier molecular flexibility index (Phi) is 4.91. The summed E-state index contributed by atoms with van der Waals surface area (Å²) in [6.45, 7) is 2.93. The SMILES string of the molecule is CCOC(=O)/C(O)=C(\C=S)C(C)=O. The Balaban J connectivity index is 4.85. The maximum Gasteiger partial charge on any atom is 0.374 e. The number of ketones is 1. The van der Waals surface area contributed by atoms with E-state index in [1.165, 1.54) is 6.92 Å². The molecule has 1 N–H and O–H groups in total. The van der Waals surface area contributed by atoms with E-state index >= 15 is 0 Å². The number of thiocarbonyl (C=S) groups is 1. The summed E-state index contributed by atoms with van der Waals surface area (Å²) in [4.78, 5) is 21.7. The molecular formula is C8H10O4S. The van der Waals surface area contributed by atoms with Gasteiger partial charge in [-0.3, -0.25) is 4.79 Å². The molecule has 0 aliphatic rings. The largest absolute Gasteiger partial charge is 0.501 e. The van der Waals surface area contributed by atoms with Gasteiger partial charge in [0.2, 0.25) is 5.76 Å². The van der Waals surface area contributed by atoms with E-state index in [9.17, 15) is 9.59 Å². The van der Waals surface area contributed by atoms with Gasteiger partial charge in [-0.05, 0) is 13.8 Å². The van der Waals surface area contributed by atoms with E-state index in [-0.39, 0.29) is 12.2 Å². The third-order valence-electron chi connectivity index (χ3n) is 1.22. The first kappa shape index (κ1) is 11.8. The molecular weight excluding hydrogens is 192 g/mol. The van der Waals surface area contributed by atoms with Crippen molar-refractivity contribution in [2.75, 3.05) is 6.61 Å². The van der Waals surface area contributed by atoms with Gasteiger partial charge in [0.05, 0.1) is 12.2 Å². The Morgan fingerprint density at radius 3 is 2.38 bits per heavy atom. The summed E-state index contributed by atoms with van der Waals surface area (Å²) < 4.78 is 4.47. The van der Waals surface area contributed by atoms with Crippen LogP contribution >= 0.6 is 12.2 Å². The molecule has 0 radical (unpaired) electrons. The number of esters is 1. The monoisotopic (exact) mass is 202 g/mol. The minimum absolute atomic E-state index is 0.130. The maximum atomic E-state index is 10.9. The Labute approximate surface area is 81.2 Å². The van der Waals surface area contributed by atoms with Crippen molar-refractivity contribution in [1.82, 2.24) is 0 Å². The molecule has 0 amide bonds. The fraction of sp³-hybridized carbons (Fsp3) is 0.375. The van der Waals surface area contributed by atoms with Gasteiger partial charge >= 0.3 is 5.97 Å². The zero-order chi connectivity index (χ0) is 10.4. The Morgan fingerprint density at radius 2 is 2.08 bits per heavy atom. The number of rotatable bonds is 4. The number of aliphatic hydroxyl groups excluding tert-OH is 1. The number of carbonyl (C=O) groups is 2. The Morgan fingerprint density at radius 1 is 1.54 bits per heavy atom. The van der Waals surface area contributed by atoms with E-state index in [1.54, 1.807) is 6.92 Å². The van der Waals surface area contributed by atoms with Crippen LogP contribution in [-0.2, 0) is 14.3 Å². The standard InChI is InChI=1S/C8H10O4S/c1-3-12-8(11)7(10)6(4-13)5(2)9/h4,10H,3H2,1-2H3/b7-6-.